The third-order valence-electron chi connectivity index (χ3n) is 11.8. The molecule has 0 rings (SSSR count). The topological polar surface area (TPSA) is 78.9 Å². The Morgan fingerprint density at radius 2 is 0.559 bits per heavy atom. The predicted octanol–water partition coefficient (Wildman–Crippen LogP) is 17.0. The molecule has 1 atom stereocenters. The van der Waals surface area contributed by atoms with Gasteiger partial charge in [-0.2, -0.15) is 0 Å². The first-order chi connectivity index (χ1) is 29.0. The van der Waals surface area contributed by atoms with Crippen LogP contribution in [0.4, 0.5) is 0 Å². The maximum absolute atomic E-state index is 12.8. The molecule has 0 radical (unpaired) electrons. The Hall–Kier alpha value is -1.85. The van der Waals surface area contributed by atoms with Crippen LogP contribution in [0, 0.1) is 0 Å². The number of hydrogen-bond donors (Lipinski definition) is 0. The van der Waals surface area contributed by atoms with Crippen molar-refractivity contribution in [3.8, 4) is 0 Å². The van der Waals surface area contributed by atoms with Crippen LogP contribution in [0.1, 0.15) is 290 Å². The van der Waals surface area contributed by atoms with Crippen molar-refractivity contribution in [2.45, 2.75) is 297 Å². The molecule has 0 aliphatic rings. The first-order valence-electron chi connectivity index (χ1n) is 26.2. The summed E-state index contributed by atoms with van der Waals surface area (Å²) in [6.45, 7) is 6.65. The van der Waals surface area contributed by atoms with Gasteiger partial charge in [0.15, 0.2) is 6.10 Å². The third kappa shape index (κ3) is 47.1. The molecular weight excluding hydrogens is 733 g/mol. The van der Waals surface area contributed by atoms with Crippen LogP contribution in [-0.2, 0) is 28.6 Å². The zero-order valence-electron chi connectivity index (χ0n) is 39.8. The lowest BCUT2D eigenvalue weighted by atomic mass is 10.0. The second-order valence-corrected chi connectivity index (χ2v) is 17.8. The molecule has 6 nitrogen and oxygen atoms in total. The van der Waals surface area contributed by atoms with Crippen molar-refractivity contribution in [1.82, 2.24) is 0 Å². The van der Waals surface area contributed by atoms with Crippen LogP contribution in [0.15, 0.2) is 12.2 Å². The molecule has 59 heavy (non-hydrogen) atoms. The van der Waals surface area contributed by atoms with Crippen molar-refractivity contribution in [3.05, 3.63) is 12.2 Å². The van der Waals surface area contributed by atoms with E-state index >= 15 is 0 Å². The summed E-state index contributed by atoms with van der Waals surface area (Å²) in [5.41, 5.74) is 0. The van der Waals surface area contributed by atoms with E-state index in [1.807, 2.05) is 0 Å². The Bertz CT molecular complexity index is 916. The number of carbonyl (C=O) groups is 3. The summed E-state index contributed by atoms with van der Waals surface area (Å²) >= 11 is 0. The second kappa shape index (κ2) is 48.8. The summed E-state index contributed by atoms with van der Waals surface area (Å²) in [5.74, 6) is -0.858. The van der Waals surface area contributed by atoms with E-state index in [0.717, 1.165) is 64.2 Å². The van der Waals surface area contributed by atoms with Gasteiger partial charge in [0, 0.05) is 19.3 Å². The molecule has 0 aromatic carbocycles. The maximum Gasteiger partial charge on any atom is 0.306 e. The van der Waals surface area contributed by atoms with Crippen molar-refractivity contribution in [2.75, 3.05) is 13.2 Å². The first-order valence-corrected chi connectivity index (χ1v) is 26.2. The van der Waals surface area contributed by atoms with Gasteiger partial charge >= 0.3 is 17.9 Å². The number of unbranched alkanes of at least 4 members (excludes halogenated alkanes) is 35. The number of carbonyl (C=O) groups excluding carboxylic acids is 3. The minimum atomic E-state index is -0.766. The van der Waals surface area contributed by atoms with Crippen molar-refractivity contribution in [2.24, 2.45) is 0 Å². The van der Waals surface area contributed by atoms with Crippen molar-refractivity contribution >= 4 is 17.9 Å². The molecule has 6 heteroatoms. The largest absolute Gasteiger partial charge is 0.462 e. The molecule has 0 aliphatic heterocycles. The zero-order chi connectivity index (χ0) is 43.0. The number of hydrogen-bond acceptors (Lipinski definition) is 6. The molecule has 0 spiro atoms. The highest BCUT2D eigenvalue weighted by Gasteiger charge is 2.19. The van der Waals surface area contributed by atoms with Gasteiger partial charge in [0.2, 0.25) is 0 Å². The normalized spacial score (nSPS) is 12.0. The summed E-state index contributed by atoms with van der Waals surface area (Å²) in [6, 6.07) is 0. The van der Waals surface area contributed by atoms with Crippen LogP contribution in [0.25, 0.3) is 0 Å². The Labute approximate surface area is 367 Å². The fourth-order valence-electron chi connectivity index (χ4n) is 7.79. The molecule has 0 unspecified atom stereocenters. The third-order valence-corrected chi connectivity index (χ3v) is 11.8. The minimum absolute atomic E-state index is 0.0671. The van der Waals surface area contributed by atoms with Crippen molar-refractivity contribution < 1.29 is 28.6 Å². The standard InChI is InChI=1S/C53H100O6/c1-4-7-10-13-16-19-22-25-28-31-34-37-40-43-46-52(55)58-49-50(48-57-51(54)45-42-39-36-33-30-27-24-21-18-15-12-9-6-3)59-53(56)47-44-41-38-35-32-29-26-23-20-17-14-11-8-5-2/h21,24,50H,4-20,22-23,25-49H2,1-3H3/b24-21-/t50-/m1/s1. The molecule has 0 heterocycles. The molecule has 0 bridgehead atoms. The molecule has 348 valence electrons. The minimum Gasteiger partial charge on any atom is -0.462 e. The maximum atomic E-state index is 12.8. The Balaban J connectivity index is 4.33. The highest BCUT2D eigenvalue weighted by Crippen LogP contribution is 2.16. The molecule has 0 fully saturated rings. The van der Waals surface area contributed by atoms with Gasteiger partial charge in [-0.05, 0) is 44.9 Å². The Morgan fingerprint density at radius 3 is 0.864 bits per heavy atom. The van der Waals surface area contributed by atoms with E-state index < -0.39 is 6.10 Å². The summed E-state index contributed by atoms with van der Waals surface area (Å²) in [6.07, 6.45) is 53.3. The molecule has 0 saturated heterocycles. The van der Waals surface area contributed by atoms with Gasteiger partial charge < -0.3 is 14.2 Å². The van der Waals surface area contributed by atoms with E-state index in [2.05, 4.69) is 32.9 Å². The molecule has 0 aliphatic carbocycles. The van der Waals surface area contributed by atoms with Gasteiger partial charge in [-0.3, -0.25) is 14.4 Å². The second-order valence-electron chi connectivity index (χ2n) is 17.8. The van der Waals surface area contributed by atoms with Crippen LogP contribution in [0.3, 0.4) is 0 Å². The van der Waals surface area contributed by atoms with Gasteiger partial charge in [-0.15, -0.1) is 0 Å². The first kappa shape index (κ1) is 57.1. The quantitative estimate of drug-likeness (QED) is 0.0263. The lowest BCUT2D eigenvalue weighted by Crippen LogP contribution is -2.30. The molecule has 0 N–H and O–H groups in total. The fourth-order valence-corrected chi connectivity index (χ4v) is 7.79. The Kier molecular flexibility index (Phi) is 47.3. The van der Waals surface area contributed by atoms with Gasteiger partial charge in [0.1, 0.15) is 13.2 Å². The van der Waals surface area contributed by atoms with Gasteiger partial charge in [0.05, 0.1) is 0 Å². The summed E-state index contributed by atoms with van der Waals surface area (Å²) in [5, 5.41) is 0. The monoisotopic (exact) mass is 833 g/mol. The lowest BCUT2D eigenvalue weighted by Gasteiger charge is -2.18. The van der Waals surface area contributed by atoms with Crippen molar-refractivity contribution in [3.63, 3.8) is 0 Å². The van der Waals surface area contributed by atoms with Crippen LogP contribution < -0.4 is 0 Å². The van der Waals surface area contributed by atoms with Gasteiger partial charge in [-0.25, -0.2) is 0 Å². The van der Waals surface area contributed by atoms with Gasteiger partial charge in [0.25, 0.3) is 0 Å². The van der Waals surface area contributed by atoms with E-state index in [9.17, 15) is 14.4 Å². The van der Waals surface area contributed by atoms with Crippen LogP contribution >= 0.6 is 0 Å². The van der Waals surface area contributed by atoms with Crippen molar-refractivity contribution in [1.29, 1.82) is 0 Å². The average molecular weight is 833 g/mol. The smallest absolute Gasteiger partial charge is 0.306 e. The molecule has 0 aromatic heterocycles. The summed E-state index contributed by atoms with van der Waals surface area (Å²) < 4.78 is 16.8. The van der Waals surface area contributed by atoms with Crippen LogP contribution in [0.5, 0.6) is 0 Å². The number of rotatable bonds is 48. The van der Waals surface area contributed by atoms with Crippen LogP contribution in [0.2, 0.25) is 0 Å². The highest BCUT2D eigenvalue weighted by atomic mass is 16.6. The van der Waals surface area contributed by atoms with E-state index in [-0.39, 0.29) is 31.1 Å². The number of esters is 3. The molecule has 0 aromatic rings. The lowest BCUT2D eigenvalue weighted by molar-refractivity contribution is -0.167. The van der Waals surface area contributed by atoms with Crippen LogP contribution in [-0.4, -0.2) is 37.2 Å². The summed E-state index contributed by atoms with van der Waals surface area (Å²) in [7, 11) is 0. The number of ether oxygens (including phenoxy) is 3. The average Bonchev–Trinajstić information content (AvgIpc) is 3.23. The van der Waals surface area contributed by atoms with E-state index in [1.165, 1.54) is 186 Å². The van der Waals surface area contributed by atoms with Gasteiger partial charge in [-0.1, -0.05) is 238 Å². The van der Waals surface area contributed by atoms with E-state index in [1.54, 1.807) is 0 Å². The predicted molar refractivity (Wildman–Crippen MR) is 252 cm³/mol. The Morgan fingerprint density at radius 1 is 0.322 bits per heavy atom. The fraction of sp³-hybridized carbons (Fsp3) is 0.906. The summed E-state index contributed by atoms with van der Waals surface area (Å²) in [4.78, 5) is 37.9. The number of allylic oxidation sites excluding steroid dienone is 2. The molecular formula is C53H100O6. The highest BCUT2D eigenvalue weighted by molar-refractivity contribution is 5.71. The molecule has 0 amide bonds. The van der Waals surface area contributed by atoms with E-state index in [4.69, 9.17) is 14.2 Å². The zero-order valence-corrected chi connectivity index (χ0v) is 39.8. The van der Waals surface area contributed by atoms with E-state index in [0.29, 0.717) is 19.3 Å². The molecule has 0 saturated carbocycles. The SMILES string of the molecule is CCCCCC/C=C\CCCCCCCC(=O)OC[C@H](COC(=O)CCCCCCCCCCCCCCCC)OC(=O)CCCCCCCCCCCCCCCC.